The third-order valence-corrected chi connectivity index (χ3v) is 3.55. The highest BCUT2D eigenvalue weighted by Gasteiger charge is 2.38. The number of likely N-dealkylation sites (tertiary alicyclic amines) is 1. The lowest BCUT2D eigenvalue weighted by molar-refractivity contribution is -0.151. The minimum absolute atomic E-state index is 0.377. The van der Waals surface area contributed by atoms with E-state index >= 15 is 0 Å². The second-order valence-electron chi connectivity index (χ2n) is 4.95. The Morgan fingerprint density at radius 2 is 2.19 bits per heavy atom. The van der Waals surface area contributed by atoms with Gasteiger partial charge in [-0.1, -0.05) is 18.7 Å². The van der Waals surface area contributed by atoms with Crippen LogP contribution in [0.5, 0.6) is 0 Å². The number of methoxy groups -OCH3 is 1. The molecule has 1 aromatic rings. The normalized spacial score (nSPS) is 21.4. The predicted octanol–water partition coefficient (Wildman–Crippen LogP) is 1.45. The van der Waals surface area contributed by atoms with Crippen LogP contribution in [0.2, 0.25) is 0 Å². The molecule has 0 amide bonds. The molecule has 5 nitrogen and oxygen atoms in total. The fraction of sp³-hybridized carbons (Fsp3) is 0.375. The van der Waals surface area contributed by atoms with Crippen molar-refractivity contribution in [2.24, 2.45) is 5.92 Å². The first-order chi connectivity index (χ1) is 10.0. The number of ether oxygens (including phenoxy) is 2. The van der Waals surface area contributed by atoms with E-state index in [1.807, 2.05) is 11.9 Å². The van der Waals surface area contributed by atoms with Crippen LogP contribution in [0, 0.1) is 18.1 Å². The van der Waals surface area contributed by atoms with Gasteiger partial charge in [0.15, 0.2) is 0 Å². The monoisotopic (exact) mass is 287 g/mol. The zero-order valence-corrected chi connectivity index (χ0v) is 12.1. The van der Waals surface area contributed by atoms with Crippen molar-refractivity contribution in [3.8, 4) is 0 Å². The standard InChI is InChI=1S/C16H17NO4/c1-11-9-14(13(10-17(11)2)16(19)20-3)21-15(18)12-7-5-4-6-8-12/h5,7-8,13-14H,1,9-10H2,2-3H3/t13?,14-/m0/s1. The number of esters is 2. The zero-order valence-electron chi connectivity index (χ0n) is 12.1. The molecule has 1 aliphatic rings. The number of carbonyl (C=O) groups excluding carboxylic acids is 2. The van der Waals surface area contributed by atoms with Gasteiger partial charge in [-0.25, -0.2) is 4.79 Å². The number of hydrogen-bond acceptors (Lipinski definition) is 5. The van der Waals surface area contributed by atoms with E-state index < -0.39 is 18.0 Å². The van der Waals surface area contributed by atoms with Gasteiger partial charge in [0.05, 0.1) is 12.7 Å². The Balaban J connectivity index is 2.13. The van der Waals surface area contributed by atoms with E-state index in [1.54, 1.807) is 12.1 Å². The first-order valence-corrected chi connectivity index (χ1v) is 6.58. The van der Waals surface area contributed by atoms with Gasteiger partial charge in [-0.3, -0.25) is 4.79 Å². The average molecular weight is 287 g/mol. The number of nitrogens with zero attached hydrogens (tertiary/aromatic N) is 1. The summed E-state index contributed by atoms with van der Waals surface area (Å²) in [7, 11) is 3.17. The van der Waals surface area contributed by atoms with E-state index in [0.29, 0.717) is 18.5 Å². The van der Waals surface area contributed by atoms with E-state index in [4.69, 9.17) is 9.47 Å². The summed E-state index contributed by atoms with van der Waals surface area (Å²) < 4.78 is 10.3. The maximum Gasteiger partial charge on any atom is 0.339 e. The largest absolute Gasteiger partial charge is 0.469 e. The van der Waals surface area contributed by atoms with Crippen LogP contribution < -0.4 is 0 Å². The van der Waals surface area contributed by atoms with Crippen molar-refractivity contribution in [2.75, 3.05) is 20.7 Å². The van der Waals surface area contributed by atoms with Gasteiger partial charge in [0.25, 0.3) is 0 Å². The van der Waals surface area contributed by atoms with Gasteiger partial charge in [0.1, 0.15) is 12.0 Å². The molecule has 1 unspecified atom stereocenters. The Morgan fingerprint density at radius 1 is 1.43 bits per heavy atom. The molecule has 0 saturated carbocycles. The van der Waals surface area contributed by atoms with Crippen molar-refractivity contribution in [3.63, 3.8) is 0 Å². The number of hydrogen-bond donors (Lipinski definition) is 0. The van der Waals surface area contributed by atoms with E-state index in [0.717, 1.165) is 5.70 Å². The predicted molar refractivity (Wildman–Crippen MR) is 75.2 cm³/mol. The first-order valence-electron chi connectivity index (χ1n) is 6.58. The number of rotatable bonds is 3. The molecule has 0 bridgehead atoms. The highest BCUT2D eigenvalue weighted by molar-refractivity contribution is 5.89. The van der Waals surface area contributed by atoms with Crippen molar-refractivity contribution in [1.29, 1.82) is 0 Å². The van der Waals surface area contributed by atoms with Gasteiger partial charge in [0, 0.05) is 31.8 Å². The summed E-state index contributed by atoms with van der Waals surface area (Å²) in [5.74, 6) is -1.40. The summed E-state index contributed by atoms with van der Waals surface area (Å²) in [4.78, 5) is 25.8. The van der Waals surface area contributed by atoms with Gasteiger partial charge in [-0.05, 0) is 12.1 Å². The van der Waals surface area contributed by atoms with Gasteiger partial charge >= 0.3 is 11.9 Å². The smallest absolute Gasteiger partial charge is 0.339 e. The molecular weight excluding hydrogens is 270 g/mol. The fourth-order valence-corrected chi connectivity index (χ4v) is 2.25. The molecule has 0 radical (unpaired) electrons. The van der Waals surface area contributed by atoms with Crippen LogP contribution in [0.3, 0.4) is 0 Å². The molecule has 0 N–H and O–H groups in total. The van der Waals surface area contributed by atoms with E-state index in [1.165, 1.54) is 13.2 Å². The molecular formula is C16H17NO4. The van der Waals surface area contributed by atoms with Crippen molar-refractivity contribution in [2.45, 2.75) is 12.5 Å². The van der Waals surface area contributed by atoms with E-state index in [2.05, 4.69) is 18.7 Å². The van der Waals surface area contributed by atoms with Crippen molar-refractivity contribution in [3.05, 3.63) is 48.2 Å². The molecule has 2 atom stereocenters. The van der Waals surface area contributed by atoms with E-state index in [9.17, 15) is 9.59 Å². The van der Waals surface area contributed by atoms with Crippen molar-refractivity contribution < 1.29 is 19.1 Å². The fourth-order valence-electron chi connectivity index (χ4n) is 2.25. The molecule has 21 heavy (non-hydrogen) atoms. The summed E-state index contributed by atoms with van der Waals surface area (Å²) in [5.41, 5.74) is 1.20. The quantitative estimate of drug-likeness (QED) is 0.788. The maximum absolute atomic E-state index is 12.1. The Kier molecular flexibility index (Phi) is 4.49. The molecule has 1 aliphatic heterocycles. The summed E-state index contributed by atoms with van der Waals surface area (Å²) in [6, 6.07) is 10.1. The van der Waals surface area contributed by atoms with Gasteiger partial charge in [-0.2, -0.15) is 0 Å². The second-order valence-corrected chi connectivity index (χ2v) is 4.95. The van der Waals surface area contributed by atoms with Crippen LogP contribution in [-0.4, -0.2) is 43.6 Å². The van der Waals surface area contributed by atoms with Gasteiger partial charge < -0.3 is 14.4 Å². The topological polar surface area (TPSA) is 55.8 Å². The van der Waals surface area contributed by atoms with Crippen molar-refractivity contribution in [1.82, 2.24) is 4.90 Å². The zero-order chi connectivity index (χ0) is 15.4. The van der Waals surface area contributed by atoms with Crippen LogP contribution in [-0.2, 0) is 14.3 Å². The SMILES string of the molecule is C=C1C[C@H](OC(=O)c2cc#ccc2)C(C(=O)OC)CN1C. The molecule has 0 spiro atoms. The van der Waals surface area contributed by atoms with Crippen molar-refractivity contribution >= 4 is 11.9 Å². The summed E-state index contributed by atoms with van der Waals surface area (Å²) in [6.45, 7) is 4.33. The average Bonchev–Trinajstić information content (AvgIpc) is 2.50. The van der Waals surface area contributed by atoms with Gasteiger partial charge in [-0.15, -0.1) is 0 Å². The molecule has 1 fully saturated rings. The first kappa shape index (κ1) is 14.9. The Labute approximate surface area is 124 Å². The highest BCUT2D eigenvalue weighted by atomic mass is 16.6. The molecule has 1 heterocycles. The molecule has 1 saturated heterocycles. The third kappa shape index (κ3) is 3.34. The minimum atomic E-state index is -0.571. The Hall–Kier alpha value is -2.48. The third-order valence-electron chi connectivity index (χ3n) is 3.55. The van der Waals surface area contributed by atoms with Gasteiger partial charge in [0.2, 0.25) is 0 Å². The molecule has 1 aromatic carbocycles. The molecule has 5 heteroatoms. The minimum Gasteiger partial charge on any atom is -0.469 e. The van der Waals surface area contributed by atoms with Crippen LogP contribution >= 0.6 is 0 Å². The number of piperidine rings is 1. The molecule has 0 aromatic heterocycles. The van der Waals surface area contributed by atoms with E-state index in [-0.39, 0.29) is 5.97 Å². The second kappa shape index (κ2) is 6.31. The highest BCUT2D eigenvalue weighted by Crippen LogP contribution is 2.27. The summed E-state index contributed by atoms with van der Waals surface area (Å²) >= 11 is 0. The van der Waals surface area contributed by atoms with Crippen LogP contribution in [0.1, 0.15) is 16.8 Å². The molecule has 2 rings (SSSR count). The van der Waals surface area contributed by atoms with Crippen LogP contribution in [0.25, 0.3) is 0 Å². The molecule has 110 valence electrons. The lowest BCUT2D eigenvalue weighted by Gasteiger charge is -2.37. The van der Waals surface area contributed by atoms with Crippen LogP contribution in [0.15, 0.2) is 30.5 Å². The summed E-state index contributed by atoms with van der Waals surface area (Å²) in [5, 5.41) is 0. The summed E-state index contributed by atoms with van der Waals surface area (Å²) in [6.07, 6.45) is -0.164. The molecule has 0 aliphatic carbocycles. The number of carbonyl (C=O) groups is 2. The van der Waals surface area contributed by atoms with Crippen LogP contribution in [0.4, 0.5) is 0 Å². The Bertz CT molecular complexity index is 540. The lowest BCUT2D eigenvalue weighted by Crippen LogP contribution is -2.45. The Morgan fingerprint density at radius 3 is 2.81 bits per heavy atom. The lowest BCUT2D eigenvalue weighted by atomic mass is 9.93. The maximum atomic E-state index is 12.1.